The molecule has 90 valence electrons. The fraction of sp³-hybridized carbons (Fsp3) is 0.364. The van der Waals surface area contributed by atoms with Gasteiger partial charge in [0.1, 0.15) is 5.56 Å². The van der Waals surface area contributed by atoms with Crippen LogP contribution in [0.15, 0.2) is 6.07 Å². The lowest BCUT2D eigenvalue weighted by molar-refractivity contribution is 0.0690. The molecule has 0 saturated carbocycles. The van der Waals surface area contributed by atoms with E-state index in [9.17, 15) is 4.79 Å². The molecule has 0 fully saturated rings. The molecule has 0 unspecified atom stereocenters. The normalized spacial score (nSPS) is 10.8. The smallest absolute Gasteiger partial charge is 0.343 e. The van der Waals surface area contributed by atoms with Crippen molar-refractivity contribution in [2.24, 2.45) is 0 Å². The summed E-state index contributed by atoms with van der Waals surface area (Å²) in [6.45, 7) is 3.61. The number of fused-ring (bicyclic) bond motifs is 1. The number of nitrogens with zero attached hydrogens (tertiary/aromatic N) is 3. The third-order valence-corrected chi connectivity index (χ3v) is 2.56. The maximum atomic E-state index is 11.2. The zero-order valence-electron chi connectivity index (χ0n) is 9.89. The van der Waals surface area contributed by atoms with Gasteiger partial charge in [0.2, 0.25) is 5.88 Å². The summed E-state index contributed by atoms with van der Waals surface area (Å²) in [5, 5.41) is 13.4. The molecule has 0 aliphatic carbocycles. The van der Waals surface area contributed by atoms with Crippen molar-refractivity contribution in [2.75, 3.05) is 7.11 Å². The first-order valence-corrected chi connectivity index (χ1v) is 5.25. The number of ether oxygens (including phenoxy) is 1. The molecule has 0 radical (unpaired) electrons. The molecular weight excluding hydrogens is 222 g/mol. The van der Waals surface area contributed by atoms with E-state index < -0.39 is 5.97 Å². The molecule has 2 rings (SSSR count). The Balaban J connectivity index is 2.83. The van der Waals surface area contributed by atoms with Crippen LogP contribution >= 0.6 is 0 Å². The van der Waals surface area contributed by atoms with Gasteiger partial charge in [-0.3, -0.25) is 0 Å². The van der Waals surface area contributed by atoms with Crippen molar-refractivity contribution in [3.63, 3.8) is 0 Å². The van der Waals surface area contributed by atoms with Gasteiger partial charge in [0.15, 0.2) is 5.65 Å². The van der Waals surface area contributed by atoms with Crippen LogP contribution in [0, 0.1) is 6.92 Å². The van der Waals surface area contributed by atoms with Gasteiger partial charge in [0, 0.05) is 6.07 Å². The van der Waals surface area contributed by atoms with E-state index in [1.807, 2.05) is 13.0 Å². The van der Waals surface area contributed by atoms with Gasteiger partial charge < -0.3 is 9.84 Å². The van der Waals surface area contributed by atoms with Crippen LogP contribution in [-0.2, 0) is 6.42 Å². The lowest BCUT2D eigenvalue weighted by Gasteiger charge is -2.08. The highest BCUT2D eigenvalue weighted by Crippen LogP contribution is 2.22. The minimum absolute atomic E-state index is 0.0470. The highest BCUT2D eigenvalue weighted by atomic mass is 16.5. The van der Waals surface area contributed by atoms with Crippen LogP contribution in [0.1, 0.15) is 28.7 Å². The number of methoxy groups -OCH3 is 1. The molecule has 2 aromatic rings. The molecule has 0 aliphatic heterocycles. The number of hydrogen-bond acceptors (Lipinski definition) is 4. The second kappa shape index (κ2) is 4.04. The SMILES string of the molecule is CCc1cc2nc(C)c(C(=O)O)c(OC)n2n1. The van der Waals surface area contributed by atoms with Crippen molar-refractivity contribution in [1.29, 1.82) is 0 Å². The van der Waals surface area contributed by atoms with E-state index in [2.05, 4.69) is 10.1 Å². The lowest BCUT2D eigenvalue weighted by atomic mass is 10.2. The Kier molecular flexibility index (Phi) is 2.71. The first kappa shape index (κ1) is 11.4. The van der Waals surface area contributed by atoms with Crippen LogP contribution in [0.4, 0.5) is 0 Å². The molecular formula is C11H13N3O3. The number of aryl methyl sites for hydroxylation is 2. The summed E-state index contributed by atoms with van der Waals surface area (Å²) >= 11 is 0. The minimum atomic E-state index is -1.07. The molecule has 17 heavy (non-hydrogen) atoms. The molecule has 2 heterocycles. The maximum Gasteiger partial charge on any atom is 0.343 e. The average molecular weight is 235 g/mol. The topological polar surface area (TPSA) is 76.7 Å². The number of carboxylic acid groups (broad SMARTS) is 1. The summed E-state index contributed by atoms with van der Waals surface area (Å²) in [6.07, 6.45) is 0.758. The van der Waals surface area contributed by atoms with Crippen molar-refractivity contribution in [3.05, 3.63) is 23.0 Å². The van der Waals surface area contributed by atoms with Crippen LogP contribution in [0.25, 0.3) is 5.65 Å². The van der Waals surface area contributed by atoms with E-state index in [0.717, 1.165) is 12.1 Å². The zero-order valence-corrected chi connectivity index (χ0v) is 9.89. The predicted octanol–water partition coefficient (Wildman–Crippen LogP) is 1.31. The summed E-state index contributed by atoms with van der Waals surface area (Å²) < 4.78 is 6.56. The van der Waals surface area contributed by atoms with E-state index in [-0.39, 0.29) is 11.4 Å². The third-order valence-electron chi connectivity index (χ3n) is 2.56. The van der Waals surface area contributed by atoms with Crippen LogP contribution in [0.5, 0.6) is 5.88 Å². The second-order valence-corrected chi connectivity index (χ2v) is 3.65. The van der Waals surface area contributed by atoms with Gasteiger partial charge in [0.05, 0.1) is 18.5 Å². The monoisotopic (exact) mass is 235 g/mol. The standard InChI is InChI=1S/C11H13N3O3/c1-4-7-5-8-12-6(2)9(11(15)16)10(17-3)14(8)13-7/h5H,4H2,1-3H3,(H,15,16). The minimum Gasteiger partial charge on any atom is -0.480 e. The molecule has 1 N–H and O–H groups in total. The highest BCUT2D eigenvalue weighted by molar-refractivity contribution is 5.91. The Labute approximate surface area is 97.9 Å². The van der Waals surface area contributed by atoms with Gasteiger partial charge in [-0.2, -0.15) is 9.61 Å². The molecule has 0 atom stereocenters. The van der Waals surface area contributed by atoms with Crippen molar-refractivity contribution in [3.8, 4) is 5.88 Å². The molecule has 0 aliphatic rings. The number of carbonyl (C=O) groups is 1. The average Bonchev–Trinajstić information content (AvgIpc) is 2.69. The summed E-state index contributed by atoms with van der Waals surface area (Å²) in [5.74, 6) is -0.859. The number of rotatable bonds is 3. The molecule has 0 bridgehead atoms. The van der Waals surface area contributed by atoms with E-state index in [1.165, 1.54) is 11.6 Å². The number of aromatic nitrogens is 3. The molecule has 0 saturated heterocycles. The van der Waals surface area contributed by atoms with Crippen molar-refractivity contribution < 1.29 is 14.6 Å². The Hall–Kier alpha value is -2.11. The van der Waals surface area contributed by atoms with E-state index in [4.69, 9.17) is 9.84 Å². The van der Waals surface area contributed by atoms with Crippen LogP contribution in [0.2, 0.25) is 0 Å². The van der Waals surface area contributed by atoms with Gasteiger partial charge in [-0.25, -0.2) is 9.78 Å². The van der Waals surface area contributed by atoms with Crippen LogP contribution in [0.3, 0.4) is 0 Å². The molecule has 0 aromatic carbocycles. The quantitative estimate of drug-likeness (QED) is 0.867. The molecule has 2 aromatic heterocycles. The fourth-order valence-corrected chi connectivity index (χ4v) is 1.74. The largest absolute Gasteiger partial charge is 0.480 e. The first-order valence-electron chi connectivity index (χ1n) is 5.25. The van der Waals surface area contributed by atoms with Crippen molar-refractivity contribution >= 4 is 11.6 Å². The Bertz CT molecular complexity index is 589. The number of hydrogen-bond donors (Lipinski definition) is 1. The Morgan fingerprint density at radius 1 is 1.59 bits per heavy atom. The first-order chi connectivity index (χ1) is 8.08. The van der Waals surface area contributed by atoms with Gasteiger partial charge in [-0.05, 0) is 13.3 Å². The van der Waals surface area contributed by atoms with E-state index in [1.54, 1.807) is 6.92 Å². The summed E-state index contributed by atoms with van der Waals surface area (Å²) in [7, 11) is 1.42. The van der Waals surface area contributed by atoms with Crippen molar-refractivity contribution in [2.45, 2.75) is 20.3 Å². The second-order valence-electron chi connectivity index (χ2n) is 3.65. The van der Waals surface area contributed by atoms with Gasteiger partial charge in [0.25, 0.3) is 0 Å². The van der Waals surface area contributed by atoms with Crippen molar-refractivity contribution in [1.82, 2.24) is 14.6 Å². The van der Waals surface area contributed by atoms with Gasteiger partial charge in [-0.15, -0.1) is 0 Å². The molecule has 6 nitrogen and oxygen atoms in total. The molecule has 0 amide bonds. The maximum absolute atomic E-state index is 11.2. The van der Waals surface area contributed by atoms with Crippen LogP contribution in [-0.4, -0.2) is 32.8 Å². The summed E-state index contributed by atoms with van der Waals surface area (Å²) in [5.41, 5.74) is 1.91. The Morgan fingerprint density at radius 2 is 2.29 bits per heavy atom. The van der Waals surface area contributed by atoms with E-state index in [0.29, 0.717) is 11.3 Å². The lowest BCUT2D eigenvalue weighted by Crippen LogP contribution is -2.10. The summed E-state index contributed by atoms with van der Waals surface area (Å²) in [4.78, 5) is 15.4. The fourth-order valence-electron chi connectivity index (χ4n) is 1.74. The van der Waals surface area contributed by atoms with Crippen LogP contribution < -0.4 is 4.74 Å². The van der Waals surface area contributed by atoms with Gasteiger partial charge >= 0.3 is 5.97 Å². The third kappa shape index (κ3) is 1.71. The Morgan fingerprint density at radius 3 is 2.82 bits per heavy atom. The molecule has 6 heteroatoms. The van der Waals surface area contributed by atoms with E-state index >= 15 is 0 Å². The molecule has 0 spiro atoms. The number of carboxylic acids is 1. The highest BCUT2D eigenvalue weighted by Gasteiger charge is 2.20. The zero-order chi connectivity index (χ0) is 12.6. The van der Waals surface area contributed by atoms with Gasteiger partial charge in [-0.1, -0.05) is 6.92 Å². The predicted molar refractivity (Wildman–Crippen MR) is 60.6 cm³/mol. The summed E-state index contributed by atoms with van der Waals surface area (Å²) in [6, 6.07) is 1.82. The number of aromatic carboxylic acids is 1.